The van der Waals surface area contributed by atoms with Crippen molar-refractivity contribution in [1.29, 1.82) is 0 Å². The molecule has 1 atom stereocenters. The van der Waals surface area contributed by atoms with Crippen molar-refractivity contribution in [3.05, 3.63) is 35.8 Å². The van der Waals surface area contributed by atoms with Crippen LogP contribution in [-0.2, 0) is 11.3 Å². The van der Waals surface area contributed by atoms with Crippen LogP contribution in [0.15, 0.2) is 23.1 Å². The minimum atomic E-state index is -0.265. The Morgan fingerprint density at radius 1 is 1.55 bits per heavy atom. The molecule has 0 spiro atoms. The molecule has 0 bridgehead atoms. The van der Waals surface area contributed by atoms with E-state index in [0.29, 0.717) is 30.6 Å². The predicted molar refractivity (Wildman–Crippen MR) is 78.2 cm³/mol. The van der Waals surface area contributed by atoms with Crippen LogP contribution in [0.2, 0.25) is 0 Å². The molecule has 0 aliphatic carbocycles. The van der Waals surface area contributed by atoms with Gasteiger partial charge in [0.15, 0.2) is 17.8 Å². The van der Waals surface area contributed by atoms with Crippen molar-refractivity contribution < 1.29 is 13.9 Å². The Bertz CT molecular complexity index is 641. The Morgan fingerprint density at radius 3 is 3.09 bits per heavy atom. The molecule has 1 unspecified atom stereocenters. The number of ether oxygens (including phenoxy) is 1. The van der Waals surface area contributed by atoms with Gasteiger partial charge in [0.2, 0.25) is 0 Å². The second kappa shape index (κ2) is 6.31. The maximum Gasteiger partial charge on any atom is 0.273 e. The average Bonchev–Trinajstić information content (AvgIpc) is 3.23. The summed E-state index contributed by atoms with van der Waals surface area (Å²) in [6.07, 6.45) is 4.86. The molecule has 7 nitrogen and oxygen atoms in total. The van der Waals surface area contributed by atoms with Gasteiger partial charge in [0.05, 0.1) is 12.2 Å². The standard InChI is InChI=1S/C15H20N4O3/c1-10(2)19-6-5-11(18-19)8-16-15(20)13-14(22-9-17-13)12-4-3-7-21-12/h5-6,9-10,12H,3-4,7-8H2,1-2H3,(H,16,20). The summed E-state index contributed by atoms with van der Waals surface area (Å²) in [5, 5.41) is 7.22. The molecule has 2 aromatic rings. The Labute approximate surface area is 128 Å². The summed E-state index contributed by atoms with van der Waals surface area (Å²) in [4.78, 5) is 16.3. The monoisotopic (exact) mass is 304 g/mol. The average molecular weight is 304 g/mol. The van der Waals surface area contributed by atoms with Crippen molar-refractivity contribution in [3.63, 3.8) is 0 Å². The van der Waals surface area contributed by atoms with Crippen LogP contribution in [0.3, 0.4) is 0 Å². The molecule has 7 heteroatoms. The van der Waals surface area contributed by atoms with Gasteiger partial charge in [0, 0.05) is 18.8 Å². The molecule has 1 saturated heterocycles. The Hall–Kier alpha value is -2.15. The van der Waals surface area contributed by atoms with E-state index in [-0.39, 0.29) is 12.0 Å². The van der Waals surface area contributed by atoms with E-state index in [9.17, 15) is 4.79 Å². The number of oxazole rings is 1. The van der Waals surface area contributed by atoms with Crippen LogP contribution in [0.25, 0.3) is 0 Å². The van der Waals surface area contributed by atoms with Crippen LogP contribution in [-0.4, -0.2) is 27.3 Å². The molecular weight excluding hydrogens is 284 g/mol. The zero-order chi connectivity index (χ0) is 15.5. The van der Waals surface area contributed by atoms with Crippen molar-refractivity contribution in [2.75, 3.05) is 6.61 Å². The minimum Gasteiger partial charge on any atom is -0.445 e. The summed E-state index contributed by atoms with van der Waals surface area (Å²) in [5.41, 5.74) is 1.11. The van der Waals surface area contributed by atoms with Gasteiger partial charge in [-0.3, -0.25) is 9.48 Å². The number of rotatable bonds is 5. The van der Waals surface area contributed by atoms with Crippen LogP contribution in [0, 0.1) is 0 Å². The zero-order valence-corrected chi connectivity index (χ0v) is 12.8. The van der Waals surface area contributed by atoms with E-state index in [1.807, 2.05) is 16.9 Å². The van der Waals surface area contributed by atoms with Crippen molar-refractivity contribution in [3.8, 4) is 0 Å². The van der Waals surface area contributed by atoms with Crippen LogP contribution < -0.4 is 5.32 Å². The third-order valence-corrected chi connectivity index (χ3v) is 3.65. The van der Waals surface area contributed by atoms with Gasteiger partial charge in [-0.15, -0.1) is 0 Å². The van der Waals surface area contributed by atoms with E-state index in [1.54, 1.807) is 0 Å². The molecule has 3 heterocycles. The van der Waals surface area contributed by atoms with Crippen molar-refractivity contribution in [2.45, 2.75) is 45.4 Å². The van der Waals surface area contributed by atoms with Gasteiger partial charge in [-0.2, -0.15) is 5.10 Å². The minimum absolute atomic E-state index is 0.164. The topological polar surface area (TPSA) is 82.2 Å². The summed E-state index contributed by atoms with van der Waals surface area (Å²) in [6.45, 7) is 5.16. The van der Waals surface area contributed by atoms with Crippen molar-refractivity contribution in [1.82, 2.24) is 20.1 Å². The SMILES string of the molecule is CC(C)n1ccc(CNC(=O)c2ncoc2C2CCCO2)n1. The fourth-order valence-corrected chi connectivity index (χ4v) is 2.45. The van der Waals surface area contributed by atoms with E-state index in [1.165, 1.54) is 6.39 Å². The lowest BCUT2D eigenvalue weighted by molar-refractivity contribution is 0.0860. The number of amides is 1. The van der Waals surface area contributed by atoms with E-state index >= 15 is 0 Å². The van der Waals surface area contributed by atoms with Crippen LogP contribution in [0.1, 0.15) is 60.8 Å². The van der Waals surface area contributed by atoms with E-state index in [0.717, 1.165) is 18.5 Å². The number of hydrogen-bond donors (Lipinski definition) is 1. The van der Waals surface area contributed by atoms with Gasteiger partial charge in [0.1, 0.15) is 6.10 Å². The summed E-state index contributed by atoms with van der Waals surface area (Å²) >= 11 is 0. The summed E-state index contributed by atoms with van der Waals surface area (Å²) in [7, 11) is 0. The van der Waals surface area contributed by atoms with Gasteiger partial charge in [0.25, 0.3) is 5.91 Å². The highest BCUT2D eigenvalue weighted by Gasteiger charge is 2.27. The second-order valence-electron chi connectivity index (χ2n) is 5.63. The predicted octanol–water partition coefficient (Wildman–Crippen LogP) is 2.23. The Kier molecular flexibility index (Phi) is 4.24. The third kappa shape index (κ3) is 3.04. The lowest BCUT2D eigenvalue weighted by atomic mass is 10.1. The fraction of sp³-hybridized carbons (Fsp3) is 0.533. The number of carbonyl (C=O) groups is 1. The van der Waals surface area contributed by atoms with Gasteiger partial charge < -0.3 is 14.5 Å². The first kappa shape index (κ1) is 14.8. The highest BCUT2D eigenvalue weighted by molar-refractivity contribution is 5.93. The smallest absolute Gasteiger partial charge is 0.273 e. The van der Waals surface area contributed by atoms with Gasteiger partial charge >= 0.3 is 0 Å². The second-order valence-corrected chi connectivity index (χ2v) is 5.63. The molecule has 0 radical (unpaired) electrons. The lowest BCUT2D eigenvalue weighted by Gasteiger charge is -2.08. The number of aromatic nitrogens is 3. The molecule has 118 valence electrons. The van der Waals surface area contributed by atoms with Crippen molar-refractivity contribution in [2.24, 2.45) is 0 Å². The highest BCUT2D eigenvalue weighted by atomic mass is 16.5. The molecule has 1 amide bonds. The normalized spacial score (nSPS) is 18.0. The first-order valence-electron chi connectivity index (χ1n) is 7.52. The van der Waals surface area contributed by atoms with Crippen LogP contribution in [0.5, 0.6) is 0 Å². The molecule has 22 heavy (non-hydrogen) atoms. The van der Waals surface area contributed by atoms with E-state index in [4.69, 9.17) is 9.15 Å². The molecular formula is C15H20N4O3. The number of hydrogen-bond acceptors (Lipinski definition) is 5. The quantitative estimate of drug-likeness (QED) is 0.916. The molecule has 0 aromatic carbocycles. The first-order valence-corrected chi connectivity index (χ1v) is 7.52. The third-order valence-electron chi connectivity index (χ3n) is 3.65. The largest absolute Gasteiger partial charge is 0.445 e. The summed E-state index contributed by atoms with van der Waals surface area (Å²) < 4.78 is 12.7. The number of nitrogens with zero attached hydrogens (tertiary/aromatic N) is 3. The van der Waals surface area contributed by atoms with Crippen LogP contribution in [0.4, 0.5) is 0 Å². The molecule has 1 aliphatic rings. The summed E-state index contributed by atoms with van der Waals surface area (Å²) in [5.74, 6) is 0.251. The molecule has 1 fully saturated rings. The molecule has 2 aromatic heterocycles. The molecule has 3 rings (SSSR count). The fourth-order valence-electron chi connectivity index (χ4n) is 2.45. The first-order chi connectivity index (χ1) is 10.6. The zero-order valence-electron chi connectivity index (χ0n) is 12.8. The van der Waals surface area contributed by atoms with E-state index < -0.39 is 0 Å². The highest BCUT2D eigenvalue weighted by Crippen LogP contribution is 2.30. The molecule has 1 N–H and O–H groups in total. The Balaban J connectivity index is 1.63. The number of carbonyl (C=O) groups excluding carboxylic acids is 1. The van der Waals surface area contributed by atoms with Gasteiger partial charge in [-0.1, -0.05) is 0 Å². The maximum atomic E-state index is 12.3. The maximum absolute atomic E-state index is 12.3. The van der Waals surface area contributed by atoms with Crippen LogP contribution >= 0.6 is 0 Å². The molecule has 1 aliphatic heterocycles. The Morgan fingerprint density at radius 2 is 2.41 bits per heavy atom. The van der Waals surface area contributed by atoms with Gasteiger partial charge in [-0.25, -0.2) is 4.98 Å². The van der Waals surface area contributed by atoms with E-state index in [2.05, 4.69) is 29.2 Å². The summed E-state index contributed by atoms with van der Waals surface area (Å²) in [6, 6.07) is 2.19. The molecule has 0 saturated carbocycles. The van der Waals surface area contributed by atoms with Crippen molar-refractivity contribution >= 4 is 5.91 Å². The number of nitrogens with one attached hydrogen (secondary N) is 1. The lowest BCUT2D eigenvalue weighted by Crippen LogP contribution is -2.25. The van der Waals surface area contributed by atoms with Gasteiger partial charge in [-0.05, 0) is 32.8 Å².